The van der Waals surface area contributed by atoms with E-state index in [9.17, 15) is 18.4 Å². The summed E-state index contributed by atoms with van der Waals surface area (Å²) in [6, 6.07) is 12.1. The van der Waals surface area contributed by atoms with Gasteiger partial charge in [-0.2, -0.15) is 5.10 Å². The van der Waals surface area contributed by atoms with Crippen molar-refractivity contribution in [3.05, 3.63) is 77.0 Å². The first-order valence-electron chi connectivity index (χ1n) is 11.9. The fraction of sp³-hybridized carbons (Fsp3) is 0.346. The van der Waals surface area contributed by atoms with Crippen LogP contribution < -0.4 is 16.0 Å². The third kappa shape index (κ3) is 5.78. The van der Waals surface area contributed by atoms with Crippen LogP contribution in [0.25, 0.3) is 5.69 Å². The molecule has 1 fully saturated rings. The van der Waals surface area contributed by atoms with E-state index < -0.39 is 17.7 Å². The summed E-state index contributed by atoms with van der Waals surface area (Å²) in [5.41, 5.74) is 1.95. The Labute approximate surface area is 213 Å². The molecule has 0 aliphatic carbocycles. The minimum atomic E-state index is -0.930. The maximum absolute atomic E-state index is 14.0. The number of ether oxygens (including phenoxy) is 1. The number of amides is 3. The van der Waals surface area contributed by atoms with Gasteiger partial charge in [0.2, 0.25) is 0 Å². The molecule has 3 amide bonds. The number of urea groups is 1. The third-order valence-electron chi connectivity index (χ3n) is 6.49. The second-order valence-electron chi connectivity index (χ2n) is 8.89. The van der Waals surface area contributed by atoms with Gasteiger partial charge in [-0.3, -0.25) is 15.0 Å². The summed E-state index contributed by atoms with van der Waals surface area (Å²) >= 11 is 0. The molecule has 11 heteroatoms. The van der Waals surface area contributed by atoms with Crippen molar-refractivity contribution in [2.45, 2.75) is 18.9 Å². The van der Waals surface area contributed by atoms with Gasteiger partial charge in [0.05, 0.1) is 18.3 Å². The minimum Gasteiger partial charge on any atom is -0.383 e. The number of rotatable bonds is 8. The second-order valence-corrected chi connectivity index (χ2v) is 8.89. The molecule has 0 unspecified atom stereocenters. The lowest BCUT2D eigenvalue weighted by molar-refractivity contribution is 0.0957. The zero-order valence-corrected chi connectivity index (χ0v) is 20.9. The van der Waals surface area contributed by atoms with Gasteiger partial charge in [-0.1, -0.05) is 24.3 Å². The van der Waals surface area contributed by atoms with E-state index in [1.165, 1.54) is 17.8 Å². The van der Waals surface area contributed by atoms with Gasteiger partial charge in [0.15, 0.2) is 17.3 Å². The van der Waals surface area contributed by atoms with E-state index in [0.717, 1.165) is 6.07 Å². The number of para-hydroxylation sites is 1. The van der Waals surface area contributed by atoms with Crippen molar-refractivity contribution in [2.24, 2.45) is 0 Å². The van der Waals surface area contributed by atoms with E-state index in [4.69, 9.17) is 4.74 Å². The molecule has 3 aromatic rings. The minimum absolute atomic E-state index is 0.188. The number of benzene rings is 2. The SMILES string of the molecule is CNC(=O)c1nn(-c2ccccc2)c(NC(=O)N[C@@H]2CN(CCOC)C[C@H]2c2ccc(F)c(F)c2)c1C. The fourth-order valence-corrected chi connectivity index (χ4v) is 4.56. The summed E-state index contributed by atoms with van der Waals surface area (Å²) in [6.07, 6.45) is 0. The molecule has 1 aliphatic heterocycles. The van der Waals surface area contributed by atoms with Crippen LogP contribution in [0, 0.1) is 18.6 Å². The number of nitrogens with zero attached hydrogens (tertiary/aromatic N) is 3. The van der Waals surface area contributed by atoms with Gasteiger partial charge in [-0.25, -0.2) is 18.3 Å². The number of likely N-dealkylation sites (tertiary alicyclic amines) is 1. The molecule has 0 spiro atoms. The highest BCUT2D eigenvalue weighted by Crippen LogP contribution is 2.29. The lowest BCUT2D eigenvalue weighted by atomic mass is 9.94. The average molecular weight is 513 g/mol. The Morgan fingerprint density at radius 1 is 1.11 bits per heavy atom. The summed E-state index contributed by atoms with van der Waals surface area (Å²) in [6.45, 7) is 3.88. The molecule has 4 rings (SSSR count). The Balaban J connectivity index is 1.59. The van der Waals surface area contributed by atoms with Gasteiger partial charge >= 0.3 is 6.03 Å². The lowest BCUT2D eigenvalue weighted by Gasteiger charge is -2.21. The molecule has 37 heavy (non-hydrogen) atoms. The molecule has 2 aromatic carbocycles. The number of hydrogen-bond acceptors (Lipinski definition) is 5. The van der Waals surface area contributed by atoms with Crippen molar-refractivity contribution in [3.8, 4) is 5.69 Å². The number of methoxy groups -OCH3 is 1. The van der Waals surface area contributed by atoms with Gasteiger partial charge in [0.1, 0.15) is 5.82 Å². The standard InChI is InChI=1S/C26H30F2N6O3/c1-16-23(25(35)29-2)32-34(18-7-5-4-6-8-18)24(16)31-26(36)30-22-15-33(11-12-37-3)14-19(22)17-9-10-20(27)21(28)13-17/h4-10,13,19,22H,11-12,14-15H2,1-3H3,(H,29,35)(H2,30,31,36)/t19-,22+/m0/s1. The summed E-state index contributed by atoms with van der Waals surface area (Å²) in [4.78, 5) is 27.7. The van der Waals surface area contributed by atoms with Crippen molar-refractivity contribution in [2.75, 3.05) is 45.7 Å². The smallest absolute Gasteiger partial charge is 0.320 e. The molecule has 2 heterocycles. The summed E-state index contributed by atoms with van der Waals surface area (Å²) in [5.74, 6) is -2.14. The quantitative estimate of drug-likeness (QED) is 0.431. The van der Waals surface area contributed by atoms with Crippen LogP contribution in [-0.2, 0) is 4.74 Å². The van der Waals surface area contributed by atoms with Crippen molar-refractivity contribution < 1.29 is 23.1 Å². The highest BCUT2D eigenvalue weighted by Gasteiger charge is 2.35. The number of carbonyl (C=O) groups is 2. The normalized spacial score (nSPS) is 17.5. The lowest BCUT2D eigenvalue weighted by Crippen LogP contribution is -2.42. The molecule has 1 saturated heterocycles. The first-order chi connectivity index (χ1) is 17.8. The summed E-state index contributed by atoms with van der Waals surface area (Å²) < 4.78 is 34.3. The molecule has 196 valence electrons. The van der Waals surface area contributed by atoms with Crippen molar-refractivity contribution >= 4 is 17.8 Å². The average Bonchev–Trinajstić information content (AvgIpc) is 3.45. The van der Waals surface area contributed by atoms with Crippen LogP contribution in [0.4, 0.5) is 19.4 Å². The van der Waals surface area contributed by atoms with E-state index in [0.29, 0.717) is 48.9 Å². The largest absolute Gasteiger partial charge is 0.383 e. The molecule has 0 radical (unpaired) electrons. The van der Waals surface area contributed by atoms with E-state index in [1.807, 2.05) is 30.3 Å². The molecule has 0 saturated carbocycles. The molecule has 2 atom stereocenters. The monoisotopic (exact) mass is 512 g/mol. The van der Waals surface area contributed by atoms with Gasteiger partial charge in [0, 0.05) is 45.3 Å². The van der Waals surface area contributed by atoms with E-state index in [-0.39, 0.29) is 23.6 Å². The Morgan fingerprint density at radius 2 is 1.86 bits per heavy atom. The van der Waals surface area contributed by atoms with Crippen molar-refractivity contribution in [3.63, 3.8) is 0 Å². The summed E-state index contributed by atoms with van der Waals surface area (Å²) in [5, 5.41) is 12.8. The van der Waals surface area contributed by atoms with Crippen LogP contribution in [0.1, 0.15) is 27.5 Å². The Morgan fingerprint density at radius 3 is 2.54 bits per heavy atom. The molecule has 1 aliphatic rings. The van der Waals surface area contributed by atoms with E-state index in [1.54, 1.807) is 20.1 Å². The topological polar surface area (TPSA) is 101 Å². The molecular weight excluding hydrogens is 482 g/mol. The Hall–Kier alpha value is -3.83. The molecule has 9 nitrogen and oxygen atoms in total. The number of aromatic nitrogens is 2. The number of nitrogens with one attached hydrogen (secondary N) is 3. The van der Waals surface area contributed by atoms with Gasteiger partial charge < -0.3 is 15.4 Å². The zero-order valence-electron chi connectivity index (χ0n) is 20.9. The highest BCUT2D eigenvalue weighted by molar-refractivity contribution is 5.97. The van der Waals surface area contributed by atoms with Crippen LogP contribution in [0.2, 0.25) is 0 Å². The predicted octanol–water partition coefficient (Wildman–Crippen LogP) is 3.05. The van der Waals surface area contributed by atoms with E-state index in [2.05, 4.69) is 25.9 Å². The van der Waals surface area contributed by atoms with Crippen LogP contribution >= 0.6 is 0 Å². The first kappa shape index (κ1) is 26.2. The van der Waals surface area contributed by atoms with E-state index >= 15 is 0 Å². The van der Waals surface area contributed by atoms with Gasteiger partial charge in [0.25, 0.3) is 5.91 Å². The van der Waals surface area contributed by atoms with Crippen LogP contribution in [0.3, 0.4) is 0 Å². The van der Waals surface area contributed by atoms with Crippen LogP contribution in [-0.4, -0.2) is 73.1 Å². The fourth-order valence-electron chi connectivity index (χ4n) is 4.56. The predicted molar refractivity (Wildman–Crippen MR) is 135 cm³/mol. The third-order valence-corrected chi connectivity index (χ3v) is 6.49. The number of halogens is 2. The van der Waals surface area contributed by atoms with Gasteiger partial charge in [-0.05, 0) is 36.8 Å². The molecule has 1 aromatic heterocycles. The number of carbonyl (C=O) groups excluding carboxylic acids is 2. The molecule has 3 N–H and O–H groups in total. The van der Waals surface area contributed by atoms with Crippen LogP contribution in [0.15, 0.2) is 48.5 Å². The van der Waals surface area contributed by atoms with Crippen LogP contribution in [0.5, 0.6) is 0 Å². The maximum Gasteiger partial charge on any atom is 0.320 e. The molecular formula is C26H30F2N6O3. The Kier molecular flexibility index (Phi) is 8.14. The van der Waals surface area contributed by atoms with Crippen molar-refractivity contribution in [1.82, 2.24) is 25.3 Å². The summed E-state index contributed by atoms with van der Waals surface area (Å²) in [7, 11) is 3.12. The first-order valence-corrected chi connectivity index (χ1v) is 11.9. The Bertz CT molecular complexity index is 1270. The van der Waals surface area contributed by atoms with Gasteiger partial charge in [-0.15, -0.1) is 0 Å². The number of anilines is 1. The zero-order chi connectivity index (χ0) is 26.5. The molecule has 0 bridgehead atoms. The highest BCUT2D eigenvalue weighted by atomic mass is 19.2. The number of hydrogen-bond donors (Lipinski definition) is 3. The van der Waals surface area contributed by atoms with Crippen molar-refractivity contribution in [1.29, 1.82) is 0 Å². The maximum atomic E-state index is 14.0. The second kappa shape index (κ2) is 11.5.